The Bertz CT molecular complexity index is 134. The zero-order chi connectivity index (χ0) is 9.28. The maximum Gasteiger partial charge on any atom is 1.00 e. The van der Waals surface area contributed by atoms with Crippen LogP contribution in [-0.4, -0.2) is 18.2 Å². The Hall–Kier alpha value is 0.610. The van der Waals surface area contributed by atoms with E-state index >= 15 is 0 Å². The molecular formula is C5H6F5NaO. The van der Waals surface area contributed by atoms with Crippen LogP contribution in [0.3, 0.4) is 0 Å². The predicted molar refractivity (Wildman–Crippen MR) is 25.1 cm³/mol. The van der Waals surface area contributed by atoms with Crippen LogP contribution in [-0.2, 0) is 0 Å². The molecule has 0 bridgehead atoms. The van der Waals surface area contributed by atoms with Crippen LogP contribution >= 0.6 is 0 Å². The van der Waals surface area contributed by atoms with Gasteiger partial charge >= 0.3 is 35.5 Å². The molecule has 1 unspecified atom stereocenters. The van der Waals surface area contributed by atoms with E-state index in [0.717, 1.165) is 6.92 Å². The van der Waals surface area contributed by atoms with Crippen LogP contribution in [0.2, 0.25) is 0 Å². The first kappa shape index (κ1) is 15.1. The van der Waals surface area contributed by atoms with Gasteiger partial charge in [-0.2, -0.15) is 8.78 Å². The second-order valence-corrected chi connectivity index (χ2v) is 2.02. The van der Waals surface area contributed by atoms with Gasteiger partial charge in [-0.3, -0.25) is 0 Å². The molecule has 68 valence electrons. The molecular weight excluding hydrogens is 194 g/mol. The Labute approximate surface area is 88.2 Å². The van der Waals surface area contributed by atoms with E-state index < -0.39 is 24.6 Å². The molecule has 0 spiro atoms. The summed E-state index contributed by atoms with van der Waals surface area (Å²) in [5.41, 5.74) is 0. The second kappa shape index (κ2) is 4.74. The van der Waals surface area contributed by atoms with Gasteiger partial charge in [0.1, 0.15) is 0 Å². The van der Waals surface area contributed by atoms with Gasteiger partial charge in [0.25, 0.3) is 6.11 Å². The van der Waals surface area contributed by atoms with Crippen molar-refractivity contribution in [1.29, 1.82) is 0 Å². The molecule has 0 aromatic heterocycles. The van der Waals surface area contributed by atoms with Crippen molar-refractivity contribution < 1.29 is 56.6 Å². The smallest absolute Gasteiger partial charge is 0.793 e. The summed E-state index contributed by atoms with van der Waals surface area (Å²) in [6.07, 6.45) is -9.44. The van der Waals surface area contributed by atoms with Crippen LogP contribution in [0.1, 0.15) is 13.3 Å². The Morgan fingerprint density at radius 2 is 1.58 bits per heavy atom. The van der Waals surface area contributed by atoms with Crippen molar-refractivity contribution >= 4 is 0 Å². The summed E-state index contributed by atoms with van der Waals surface area (Å²) in [5, 5.41) is 9.40. The van der Waals surface area contributed by atoms with Gasteiger partial charge in [0.2, 0.25) is 0 Å². The van der Waals surface area contributed by atoms with E-state index in [1.165, 1.54) is 0 Å². The summed E-state index contributed by atoms with van der Waals surface area (Å²) in [7, 11) is 0. The van der Waals surface area contributed by atoms with E-state index in [2.05, 4.69) is 0 Å². The fraction of sp³-hybridized carbons (Fsp3) is 1.00. The van der Waals surface area contributed by atoms with Gasteiger partial charge in [0, 0.05) is 0 Å². The van der Waals surface area contributed by atoms with Crippen molar-refractivity contribution in [1.82, 2.24) is 0 Å². The molecule has 0 fully saturated rings. The Kier molecular flexibility index (Phi) is 5.96. The van der Waals surface area contributed by atoms with E-state index in [9.17, 15) is 27.1 Å². The first-order valence-corrected chi connectivity index (χ1v) is 2.83. The van der Waals surface area contributed by atoms with E-state index in [4.69, 9.17) is 0 Å². The fourth-order valence-electron chi connectivity index (χ4n) is 0.439. The Morgan fingerprint density at radius 1 is 1.25 bits per heavy atom. The Balaban J connectivity index is 0. The summed E-state index contributed by atoms with van der Waals surface area (Å²) < 4.78 is 58.5. The molecule has 0 heterocycles. The normalized spacial score (nSPS) is 15.2. The largest absolute Gasteiger partial charge is 1.00 e. The molecule has 0 amide bonds. The van der Waals surface area contributed by atoms with Crippen molar-refractivity contribution in [2.45, 2.75) is 31.5 Å². The molecule has 0 aliphatic carbocycles. The molecule has 7 heteroatoms. The van der Waals surface area contributed by atoms with E-state index in [1.807, 2.05) is 0 Å². The molecule has 0 aromatic carbocycles. The number of rotatable bonds is 3. The van der Waals surface area contributed by atoms with Crippen molar-refractivity contribution in [3.8, 4) is 0 Å². The summed E-state index contributed by atoms with van der Waals surface area (Å²) in [6.45, 7) is 0.949. The van der Waals surface area contributed by atoms with E-state index in [-0.39, 0.29) is 29.6 Å². The molecule has 1 atom stereocenters. The van der Waals surface area contributed by atoms with Crippen molar-refractivity contribution in [3.63, 3.8) is 0 Å². The van der Waals surface area contributed by atoms with Crippen LogP contribution in [0.4, 0.5) is 22.0 Å². The zero-order valence-electron chi connectivity index (χ0n) is 6.58. The number of hydrogen-bond donors (Lipinski definition) is 0. The molecule has 0 rings (SSSR count). The minimum atomic E-state index is -5.54. The average Bonchev–Trinajstić information content (AvgIpc) is 1.83. The quantitative estimate of drug-likeness (QED) is 0.394. The molecule has 0 aliphatic rings. The van der Waals surface area contributed by atoms with Crippen molar-refractivity contribution in [2.24, 2.45) is 0 Å². The maximum atomic E-state index is 12.0. The third-order valence-electron chi connectivity index (χ3n) is 1.14. The van der Waals surface area contributed by atoms with Crippen LogP contribution in [0.5, 0.6) is 0 Å². The summed E-state index contributed by atoms with van der Waals surface area (Å²) in [4.78, 5) is 0. The summed E-state index contributed by atoms with van der Waals surface area (Å²) in [5.74, 6) is -5.11. The van der Waals surface area contributed by atoms with Crippen LogP contribution in [0, 0.1) is 0 Å². The number of halogens is 5. The molecule has 0 aromatic rings. The minimum Gasteiger partial charge on any atom is -0.793 e. The van der Waals surface area contributed by atoms with Gasteiger partial charge in [0.15, 0.2) is 6.17 Å². The molecule has 0 saturated heterocycles. The third-order valence-corrected chi connectivity index (χ3v) is 1.14. The van der Waals surface area contributed by atoms with E-state index in [1.54, 1.807) is 0 Å². The van der Waals surface area contributed by atoms with Crippen LogP contribution in [0.15, 0.2) is 0 Å². The zero-order valence-corrected chi connectivity index (χ0v) is 8.58. The molecule has 0 radical (unpaired) electrons. The van der Waals surface area contributed by atoms with Gasteiger partial charge in [-0.15, -0.1) is 0 Å². The second-order valence-electron chi connectivity index (χ2n) is 2.02. The molecule has 1 nitrogen and oxygen atoms in total. The molecule has 0 N–H and O–H groups in total. The number of alkyl halides is 5. The first-order valence-electron chi connectivity index (χ1n) is 2.83. The summed E-state index contributed by atoms with van der Waals surface area (Å²) in [6, 6.07) is 0. The first-order chi connectivity index (χ1) is 4.73. The SMILES string of the molecule is CCC(F)C(F)(F)C([O-])(F)F.[Na+]. The van der Waals surface area contributed by atoms with Gasteiger partial charge in [-0.05, 0) is 6.42 Å². The fourth-order valence-corrected chi connectivity index (χ4v) is 0.439. The summed E-state index contributed by atoms with van der Waals surface area (Å²) >= 11 is 0. The minimum absolute atomic E-state index is 0. The number of hydrogen-bond acceptors (Lipinski definition) is 1. The van der Waals surface area contributed by atoms with Gasteiger partial charge in [-0.1, -0.05) is 6.92 Å². The van der Waals surface area contributed by atoms with Crippen molar-refractivity contribution in [3.05, 3.63) is 0 Å². The maximum absolute atomic E-state index is 12.0. The molecule has 12 heavy (non-hydrogen) atoms. The van der Waals surface area contributed by atoms with Gasteiger partial charge < -0.3 is 5.11 Å². The van der Waals surface area contributed by atoms with Crippen molar-refractivity contribution in [2.75, 3.05) is 0 Å². The standard InChI is InChI=1S/C5H6F5O.Na/c1-2-3(6)4(7,8)5(9,10)11;/h3H,2H2,1H3;/q-1;+1. The van der Waals surface area contributed by atoms with Crippen LogP contribution < -0.4 is 34.7 Å². The average molecular weight is 200 g/mol. The third kappa shape index (κ3) is 3.16. The van der Waals surface area contributed by atoms with E-state index in [0.29, 0.717) is 0 Å². The Morgan fingerprint density at radius 3 is 1.67 bits per heavy atom. The topological polar surface area (TPSA) is 23.1 Å². The van der Waals surface area contributed by atoms with Gasteiger partial charge in [0.05, 0.1) is 0 Å². The van der Waals surface area contributed by atoms with Gasteiger partial charge in [-0.25, -0.2) is 13.2 Å². The monoisotopic (exact) mass is 200 g/mol. The predicted octanol–water partition coefficient (Wildman–Crippen LogP) is -1.67. The van der Waals surface area contributed by atoms with Crippen LogP contribution in [0.25, 0.3) is 0 Å². The molecule has 0 saturated carbocycles. The molecule has 0 aliphatic heterocycles.